The van der Waals surface area contributed by atoms with Crippen molar-refractivity contribution in [3.05, 3.63) is 64.1 Å². The van der Waals surface area contributed by atoms with Crippen LogP contribution in [0.3, 0.4) is 0 Å². The SMILES string of the molecule is C[C@H](Sc1ccccc1)C(=O)NCCSCc1ccc(Cl)cc1Cl. The number of amides is 1. The quantitative estimate of drug-likeness (QED) is 0.467. The normalized spacial score (nSPS) is 12.0. The number of hydrogen-bond donors (Lipinski definition) is 1. The second-order valence-corrected chi connectivity index (χ2v) is 8.52. The van der Waals surface area contributed by atoms with E-state index < -0.39 is 0 Å². The Hall–Kier alpha value is -0.810. The highest BCUT2D eigenvalue weighted by atomic mass is 35.5. The smallest absolute Gasteiger partial charge is 0.233 e. The Bertz CT molecular complexity index is 667. The lowest BCUT2D eigenvalue weighted by atomic mass is 10.2. The zero-order valence-electron chi connectivity index (χ0n) is 13.3. The van der Waals surface area contributed by atoms with Gasteiger partial charge in [0, 0.05) is 33.0 Å². The fourth-order valence-electron chi connectivity index (χ4n) is 1.97. The number of rotatable bonds is 8. The number of benzene rings is 2. The molecule has 0 spiro atoms. The van der Waals surface area contributed by atoms with Crippen LogP contribution in [0.25, 0.3) is 0 Å². The highest BCUT2D eigenvalue weighted by Gasteiger charge is 2.13. The average molecular weight is 400 g/mol. The monoisotopic (exact) mass is 399 g/mol. The maximum atomic E-state index is 12.1. The van der Waals surface area contributed by atoms with Crippen LogP contribution in [-0.2, 0) is 10.5 Å². The van der Waals surface area contributed by atoms with E-state index in [1.165, 1.54) is 0 Å². The van der Waals surface area contributed by atoms with Gasteiger partial charge in [0.1, 0.15) is 0 Å². The maximum absolute atomic E-state index is 12.1. The molecule has 0 aliphatic carbocycles. The van der Waals surface area contributed by atoms with E-state index in [1.807, 2.05) is 49.4 Å². The summed E-state index contributed by atoms with van der Waals surface area (Å²) in [6.45, 7) is 2.57. The molecule has 0 bridgehead atoms. The van der Waals surface area contributed by atoms with Gasteiger partial charge in [-0.05, 0) is 36.8 Å². The molecule has 0 aliphatic rings. The van der Waals surface area contributed by atoms with Gasteiger partial charge in [0.25, 0.3) is 0 Å². The third-order valence-electron chi connectivity index (χ3n) is 3.24. The van der Waals surface area contributed by atoms with Crippen molar-refractivity contribution < 1.29 is 4.79 Å². The Balaban J connectivity index is 1.65. The first-order valence-corrected chi connectivity index (χ1v) is 10.4. The number of carbonyl (C=O) groups is 1. The Labute approximate surface area is 161 Å². The van der Waals surface area contributed by atoms with E-state index in [-0.39, 0.29) is 11.2 Å². The van der Waals surface area contributed by atoms with E-state index in [0.717, 1.165) is 22.0 Å². The number of nitrogens with one attached hydrogen (secondary N) is 1. The van der Waals surface area contributed by atoms with Gasteiger partial charge in [0.05, 0.1) is 5.25 Å². The van der Waals surface area contributed by atoms with E-state index in [0.29, 0.717) is 16.6 Å². The van der Waals surface area contributed by atoms with Gasteiger partial charge in [-0.3, -0.25) is 4.79 Å². The van der Waals surface area contributed by atoms with Crippen molar-refractivity contribution in [1.82, 2.24) is 5.32 Å². The summed E-state index contributed by atoms with van der Waals surface area (Å²) in [5.41, 5.74) is 1.06. The van der Waals surface area contributed by atoms with Crippen LogP contribution in [0.2, 0.25) is 10.0 Å². The van der Waals surface area contributed by atoms with Crippen LogP contribution < -0.4 is 5.32 Å². The van der Waals surface area contributed by atoms with Crippen LogP contribution in [0, 0.1) is 0 Å². The van der Waals surface area contributed by atoms with Crippen LogP contribution in [0.4, 0.5) is 0 Å². The number of hydrogen-bond acceptors (Lipinski definition) is 3. The van der Waals surface area contributed by atoms with Crippen molar-refractivity contribution in [1.29, 1.82) is 0 Å². The van der Waals surface area contributed by atoms with Gasteiger partial charge >= 0.3 is 0 Å². The molecule has 0 radical (unpaired) electrons. The molecule has 0 aromatic heterocycles. The minimum Gasteiger partial charge on any atom is -0.354 e. The summed E-state index contributed by atoms with van der Waals surface area (Å²) in [7, 11) is 0. The lowest BCUT2D eigenvalue weighted by Gasteiger charge is -2.12. The van der Waals surface area contributed by atoms with E-state index in [2.05, 4.69) is 5.32 Å². The van der Waals surface area contributed by atoms with Crippen LogP contribution in [-0.4, -0.2) is 23.5 Å². The van der Waals surface area contributed by atoms with Crippen LogP contribution in [0.15, 0.2) is 53.4 Å². The predicted octanol–water partition coefficient (Wildman–Crippen LogP) is 5.52. The summed E-state index contributed by atoms with van der Waals surface area (Å²) < 4.78 is 0. The van der Waals surface area contributed by atoms with Gasteiger partial charge in [-0.25, -0.2) is 0 Å². The van der Waals surface area contributed by atoms with Gasteiger partial charge in [0.2, 0.25) is 5.91 Å². The number of thioether (sulfide) groups is 2. The molecule has 2 nitrogen and oxygen atoms in total. The Morgan fingerprint density at radius 1 is 1.17 bits per heavy atom. The number of halogens is 2. The van der Waals surface area contributed by atoms with Gasteiger partial charge in [-0.2, -0.15) is 11.8 Å². The molecule has 128 valence electrons. The average Bonchev–Trinajstić information content (AvgIpc) is 2.57. The molecule has 0 fully saturated rings. The van der Waals surface area contributed by atoms with Crippen molar-refractivity contribution >= 4 is 52.6 Å². The molecule has 2 aromatic rings. The van der Waals surface area contributed by atoms with Crippen molar-refractivity contribution in [2.45, 2.75) is 22.8 Å². The summed E-state index contributed by atoms with van der Waals surface area (Å²) >= 11 is 15.3. The molecule has 1 amide bonds. The molecular weight excluding hydrogens is 381 g/mol. The van der Waals surface area contributed by atoms with Crippen LogP contribution in [0.5, 0.6) is 0 Å². The maximum Gasteiger partial charge on any atom is 0.233 e. The minimum atomic E-state index is -0.108. The molecule has 24 heavy (non-hydrogen) atoms. The molecular formula is C18H19Cl2NOS2. The highest BCUT2D eigenvalue weighted by molar-refractivity contribution is 8.00. The van der Waals surface area contributed by atoms with Gasteiger partial charge in [-0.15, -0.1) is 11.8 Å². The first-order chi connectivity index (χ1) is 11.6. The van der Waals surface area contributed by atoms with Gasteiger partial charge in [0.15, 0.2) is 0 Å². The summed E-state index contributed by atoms with van der Waals surface area (Å²) in [6.07, 6.45) is 0. The molecule has 2 rings (SSSR count). The molecule has 2 aromatic carbocycles. The molecule has 1 N–H and O–H groups in total. The molecule has 0 aliphatic heterocycles. The zero-order chi connectivity index (χ0) is 17.4. The topological polar surface area (TPSA) is 29.1 Å². The summed E-state index contributed by atoms with van der Waals surface area (Å²) in [5.74, 6) is 1.71. The van der Waals surface area contributed by atoms with Crippen LogP contribution >= 0.6 is 46.7 Å². The Kier molecular flexibility index (Phi) is 8.33. The van der Waals surface area contributed by atoms with Gasteiger partial charge in [-0.1, -0.05) is 47.5 Å². The molecule has 6 heteroatoms. The van der Waals surface area contributed by atoms with E-state index >= 15 is 0 Å². The van der Waals surface area contributed by atoms with Crippen LogP contribution in [0.1, 0.15) is 12.5 Å². The molecule has 0 heterocycles. The van der Waals surface area contributed by atoms with Crippen molar-refractivity contribution in [2.24, 2.45) is 0 Å². The standard InChI is InChI=1S/C18H19Cl2NOS2/c1-13(24-16-5-3-2-4-6-16)18(22)21-9-10-23-12-14-7-8-15(19)11-17(14)20/h2-8,11,13H,9-10,12H2,1H3,(H,21,22)/t13-/m0/s1. The Morgan fingerprint density at radius 2 is 1.92 bits per heavy atom. The largest absolute Gasteiger partial charge is 0.354 e. The van der Waals surface area contributed by atoms with E-state index in [4.69, 9.17) is 23.2 Å². The fraction of sp³-hybridized carbons (Fsp3) is 0.278. The second kappa shape index (κ2) is 10.2. The lowest BCUT2D eigenvalue weighted by Crippen LogP contribution is -2.32. The van der Waals surface area contributed by atoms with E-state index in [9.17, 15) is 4.79 Å². The second-order valence-electron chi connectivity index (χ2n) is 5.15. The van der Waals surface area contributed by atoms with E-state index in [1.54, 1.807) is 29.6 Å². The lowest BCUT2D eigenvalue weighted by molar-refractivity contribution is -0.120. The highest BCUT2D eigenvalue weighted by Crippen LogP contribution is 2.25. The predicted molar refractivity (Wildman–Crippen MR) is 107 cm³/mol. The third kappa shape index (κ3) is 6.60. The summed E-state index contributed by atoms with van der Waals surface area (Å²) in [5, 5.41) is 4.20. The van der Waals surface area contributed by atoms with Gasteiger partial charge < -0.3 is 5.32 Å². The van der Waals surface area contributed by atoms with Crippen molar-refractivity contribution in [3.8, 4) is 0 Å². The molecule has 0 unspecified atom stereocenters. The summed E-state index contributed by atoms with van der Waals surface area (Å²) in [6, 6.07) is 15.5. The zero-order valence-corrected chi connectivity index (χ0v) is 16.4. The number of carbonyl (C=O) groups excluding carboxylic acids is 1. The summed E-state index contributed by atoms with van der Waals surface area (Å²) in [4.78, 5) is 13.2. The fourth-order valence-corrected chi connectivity index (χ4v) is 4.30. The first kappa shape index (κ1) is 19.5. The first-order valence-electron chi connectivity index (χ1n) is 7.57. The molecule has 1 atom stereocenters. The minimum absolute atomic E-state index is 0.0639. The third-order valence-corrected chi connectivity index (χ3v) is 5.95. The molecule has 0 saturated heterocycles. The Morgan fingerprint density at radius 3 is 2.62 bits per heavy atom. The molecule has 0 saturated carbocycles. The van der Waals surface area contributed by atoms with Crippen molar-refractivity contribution in [2.75, 3.05) is 12.3 Å². The van der Waals surface area contributed by atoms with Crippen molar-refractivity contribution in [3.63, 3.8) is 0 Å².